The third-order valence-electron chi connectivity index (χ3n) is 2.14. The summed E-state index contributed by atoms with van der Waals surface area (Å²) in [5.41, 5.74) is 0.618. The Kier molecular flexibility index (Phi) is 4.47. The molecule has 0 aromatic heterocycles. The Balaban J connectivity index is 2.78. The van der Waals surface area contributed by atoms with Crippen LogP contribution in [0.2, 0.25) is 0 Å². The molecule has 0 saturated carbocycles. The maximum atomic E-state index is 12.2. The molecule has 2 nitrogen and oxygen atoms in total. The van der Waals surface area contributed by atoms with Gasteiger partial charge in [-0.2, -0.15) is 13.2 Å². The van der Waals surface area contributed by atoms with E-state index in [0.29, 0.717) is 5.56 Å². The lowest BCUT2D eigenvalue weighted by Gasteiger charge is -2.17. The number of carbonyl (C=O) groups is 1. The Morgan fingerprint density at radius 1 is 1.33 bits per heavy atom. The van der Waals surface area contributed by atoms with Crippen LogP contribution < -0.4 is 0 Å². The minimum atomic E-state index is -4.91. The molecular weight excluding hydrogens is 252 g/mol. The van der Waals surface area contributed by atoms with Crippen molar-refractivity contribution in [1.82, 2.24) is 0 Å². The molecule has 0 radical (unpaired) electrons. The van der Waals surface area contributed by atoms with Crippen LogP contribution in [0.3, 0.4) is 0 Å². The van der Waals surface area contributed by atoms with Gasteiger partial charge in [-0.05, 0) is 17.7 Å². The second-order valence-electron chi connectivity index (χ2n) is 3.42. The average molecular weight is 262 g/mol. The molecule has 1 atom stereocenters. The molecule has 1 rings (SSSR count). The molecule has 0 spiro atoms. The van der Waals surface area contributed by atoms with Gasteiger partial charge in [0.15, 0.2) is 0 Å². The van der Waals surface area contributed by atoms with Gasteiger partial charge in [0.05, 0.1) is 5.56 Å². The maximum Gasteiger partial charge on any atom is 0.428 e. The first kappa shape index (κ1) is 14.2. The number of ether oxygens (including phenoxy) is 1. The van der Waals surface area contributed by atoms with Gasteiger partial charge in [-0.25, -0.2) is 9.18 Å². The van der Waals surface area contributed by atoms with E-state index in [1.165, 1.54) is 30.3 Å². The predicted octanol–water partition coefficient (Wildman–Crippen LogP) is 3.39. The molecule has 0 bridgehead atoms. The molecule has 0 fully saturated rings. The summed E-state index contributed by atoms with van der Waals surface area (Å²) in [6.45, 7) is 1.68. The molecule has 6 heteroatoms. The topological polar surface area (TPSA) is 26.3 Å². The van der Waals surface area contributed by atoms with Crippen molar-refractivity contribution in [2.75, 3.05) is 6.67 Å². The van der Waals surface area contributed by atoms with Crippen molar-refractivity contribution in [3.8, 4) is 0 Å². The van der Waals surface area contributed by atoms with Crippen LogP contribution in [-0.4, -0.2) is 24.9 Å². The van der Waals surface area contributed by atoms with E-state index in [9.17, 15) is 22.4 Å². The van der Waals surface area contributed by atoms with Crippen LogP contribution in [0.1, 0.15) is 15.9 Å². The average Bonchev–Trinajstić information content (AvgIpc) is 2.34. The Labute approximate surface area is 101 Å². The van der Waals surface area contributed by atoms with Crippen molar-refractivity contribution in [2.24, 2.45) is 0 Å². The Morgan fingerprint density at radius 2 is 1.89 bits per heavy atom. The van der Waals surface area contributed by atoms with E-state index >= 15 is 0 Å². The van der Waals surface area contributed by atoms with E-state index in [1.54, 1.807) is 0 Å². The van der Waals surface area contributed by atoms with Gasteiger partial charge >= 0.3 is 12.1 Å². The molecule has 1 unspecified atom stereocenters. The first-order valence-electron chi connectivity index (χ1n) is 4.94. The number of hydrogen-bond acceptors (Lipinski definition) is 2. The summed E-state index contributed by atoms with van der Waals surface area (Å²) in [5.74, 6) is -1.22. The number of alkyl halides is 4. The van der Waals surface area contributed by atoms with Crippen LogP contribution in [0.25, 0.3) is 6.08 Å². The van der Waals surface area contributed by atoms with Crippen LogP contribution in [0.5, 0.6) is 0 Å². The van der Waals surface area contributed by atoms with Gasteiger partial charge in [-0.15, -0.1) is 0 Å². The van der Waals surface area contributed by atoms with Gasteiger partial charge < -0.3 is 4.74 Å². The Hall–Kier alpha value is -1.85. The van der Waals surface area contributed by atoms with Crippen LogP contribution in [0.4, 0.5) is 17.6 Å². The Morgan fingerprint density at radius 3 is 2.28 bits per heavy atom. The minimum absolute atomic E-state index is 0.0803. The van der Waals surface area contributed by atoms with Gasteiger partial charge in [0.1, 0.15) is 6.67 Å². The zero-order valence-corrected chi connectivity index (χ0v) is 9.21. The van der Waals surface area contributed by atoms with E-state index in [4.69, 9.17) is 0 Å². The summed E-state index contributed by atoms with van der Waals surface area (Å²) >= 11 is 0. The smallest absolute Gasteiger partial charge is 0.428 e. The summed E-state index contributed by atoms with van der Waals surface area (Å²) in [7, 11) is 0. The highest BCUT2D eigenvalue weighted by Gasteiger charge is 2.43. The van der Waals surface area contributed by atoms with Crippen molar-refractivity contribution in [2.45, 2.75) is 12.3 Å². The zero-order chi connectivity index (χ0) is 13.8. The maximum absolute atomic E-state index is 12.2. The van der Waals surface area contributed by atoms with E-state index in [1.807, 2.05) is 0 Å². The van der Waals surface area contributed by atoms with Gasteiger partial charge in [-0.1, -0.05) is 24.8 Å². The molecule has 0 saturated heterocycles. The van der Waals surface area contributed by atoms with E-state index in [2.05, 4.69) is 11.3 Å². The molecule has 0 heterocycles. The first-order valence-corrected chi connectivity index (χ1v) is 4.94. The minimum Gasteiger partial charge on any atom is -0.446 e. The highest BCUT2D eigenvalue weighted by Crippen LogP contribution is 2.24. The summed E-state index contributed by atoms with van der Waals surface area (Å²) < 4.78 is 52.8. The van der Waals surface area contributed by atoms with Crippen LogP contribution in [0, 0.1) is 0 Å². The second kappa shape index (κ2) is 5.66. The van der Waals surface area contributed by atoms with Crippen molar-refractivity contribution in [3.05, 3.63) is 42.0 Å². The summed E-state index contributed by atoms with van der Waals surface area (Å²) in [4.78, 5) is 11.3. The number of hydrogen-bond donors (Lipinski definition) is 0. The molecular formula is C12H10F4O2. The number of halogens is 4. The van der Waals surface area contributed by atoms with Crippen molar-refractivity contribution in [1.29, 1.82) is 0 Å². The summed E-state index contributed by atoms with van der Waals surface area (Å²) in [6, 6.07) is 5.54. The molecule has 0 N–H and O–H groups in total. The van der Waals surface area contributed by atoms with E-state index < -0.39 is 24.9 Å². The first-order chi connectivity index (χ1) is 8.38. The lowest BCUT2D eigenvalue weighted by Crippen LogP contribution is -2.35. The summed E-state index contributed by atoms with van der Waals surface area (Å²) in [6.07, 6.45) is -6.13. The number of esters is 1. The van der Waals surface area contributed by atoms with E-state index in [-0.39, 0.29) is 5.56 Å². The lowest BCUT2D eigenvalue weighted by molar-refractivity contribution is -0.207. The van der Waals surface area contributed by atoms with Crippen molar-refractivity contribution < 1.29 is 27.1 Å². The summed E-state index contributed by atoms with van der Waals surface area (Å²) in [5, 5.41) is 0. The standard InChI is InChI=1S/C12H10F4O2/c1-2-8-3-5-9(6-4-8)11(17)18-10(7-13)12(14,15)16/h2-6,10H,1,7H2. The van der Waals surface area contributed by atoms with Gasteiger partial charge in [0.25, 0.3) is 0 Å². The van der Waals surface area contributed by atoms with Gasteiger partial charge in [-0.3, -0.25) is 0 Å². The molecule has 0 aliphatic rings. The van der Waals surface area contributed by atoms with E-state index in [0.717, 1.165) is 0 Å². The monoisotopic (exact) mass is 262 g/mol. The molecule has 0 aliphatic heterocycles. The SMILES string of the molecule is C=Cc1ccc(C(=O)OC(CF)C(F)(F)F)cc1. The molecule has 0 amide bonds. The number of rotatable bonds is 4. The number of benzene rings is 1. The fraction of sp³-hybridized carbons (Fsp3) is 0.250. The van der Waals surface area contributed by atoms with Crippen LogP contribution in [-0.2, 0) is 4.74 Å². The zero-order valence-electron chi connectivity index (χ0n) is 9.21. The third-order valence-corrected chi connectivity index (χ3v) is 2.14. The number of carbonyl (C=O) groups excluding carboxylic acids is 1. The quantitative estimate of drug-likeness (QED) is 0.614. The van der Waals surface area contributed by atoms with Crippen molar-refractivity contribution in [3.63, 3.8) is 0 Å². The Bertz CT molecular complexity index is 423. The molecule has 1 aromatic carbocycles. The van der Waals surface area contributed by atoms with Gasteiger partial charge in [0.2, 0.25) is 6.10 Å². The normalized spacial score (nSPS) is 12.9. The largest absolute Gasteiger partial charge is 0.446 e. The fourth-order valence-electron chi connectivity index (χ4n) is 1.14. The third kappa shape index (κ3) is 3.58. The fourth-order valence-corrected chi connectivity index (χ4v) is 1.14. The highest BCUT2D eigenvalue weighted by atomic mass is 19.4. The van der Waals surface area contributed by atoms with Crippen molar-refractivity contribution >= 4 is 12.0 Å². The lowest BCUT2D eigenvalue weighted by atomic mass is 10.1. The molecule has 1 aromatic rings. The van der Waals surface area contributed by atoms with Crippen LogP contribution in [0.15, 0.2) is 30.8 Å². The highest BCUT2D eigenvalue weighted by molar-refractivity contribution is 5.89. The van der Waals surface area contributed by atoms with Gasteiger partial charge in [0, 0.05) is 0 Å². The molecule has 18 heavy (non-hydrogen) atoms. The molecule has 98 valence electrons. The van der Waals surface area contributed by atoms with Crippen LogP contribution >= 0.6 is 0 Å². The second-order valence-corrected chi connectivity index (χ2v) is 3.42. The molecule has 0 aliphatic carbocycles. The predicted molar refractivity (Wildman–Crippen MR) is 57.8 cm³/mol.